The average molecular weight is 490 g/mol. The van der Waals surface area contributed by atoms with Crippen LogP contribution >= 0.6 is 0 Å². The van der Waals surface area contributed by atoms with E-state index in [1.165, 1.54) is 29.5 Å². The molecular formula is N18U-6. The van der Waals surface area contributed by atoms with E-state index in [1.807, 2.05) is 0 Å². The van der Waals surface area contributed by atoms with Crippen LogP contribution in [0.4, 0.5) is 0 Å². The Labute approximate surface area is 127 Å². The Morgan fingerprint density at radius 1 is 0.263 bits per heavy atom. The van der Waals surface area contributed by atoms with Gasteiger partial charge in [0.05, 0.1) is 0 Å². The Morgan fingerprint density at radius 3 is 0.263 bits per heavy atom. The van der Waals surface area contributed by atoms with E-state index in [0.717, 1.165) is 0 Å². The maximum Gasteiger partial charge on any atom is 0 e. The van der Waals surface area contributed by atoms with E-state index in [2.05, 4.69) is 0 Å². The summed E-state index contributed by atoms with van der Waals surface area (Å²) in [5, 5.41) is 0. The molecule has 0 aromatic heterocycles. The van der Waals surface area contributed by atoms with Crippen molar-refractivity contribution in [2.45, 2.75) is 0 Å². The summed E-state index contributed by atoms with van der Waals surface area (Å²) in [5.74, 6) is 0. The third kappa shape index (κ3) is 261. The van der Waals surface area contributed by atoms with Crippen LogP contribution in [0.2, 0.25) is 0 Å². The minimum Gasteiger partial charge on any atom is -0.373 e. The van der Waals surface area contributed by atoms with Crippen molar-refractivity contribution in [3.8, 4) is 0 Å². The maximum absolute atomic E-state index is 6.75. The van der Waals surface area contributed by atoms with Gasteiger partial charge in [0.2, 0.25) is 0 Å². The molecule has 0 amide bonds. The van der Waals surface area contributed by atoms with Gasteiger partial charge in [-0.25, -0.2) is 0 Å². The molecule has 0 radical (unpaired) electrons. The Hall–Kier alpha value is -3.09. The summed E-state index contributed by atoms with van der Waals surface area (Å²) in [6.07, 6.45) is 0. The van der Waals surface area contributed by atoms with Gasteiger partial charge in [-0.15, -0.1) is 0 Å². The number of rotatable bonds is 0. The van der Waals surface area contributed by atoms with Gasteiger partial charge in [-0.3, -0.25) is 29.5 Å². The zero-order valence-electron chi connectivity index (χ0n) is 8.55. The fraction of sp³-hybridized carbons (Fsp3) is 0. The molecule has 0 N–H and O–H groups in total. The second kappa shape index (κ2) is 340. The molecule has 19 heavy (non-hydrogen) atoms. The van der Waals surface area contributed by atoms with Crippen molar-refractivity contribution >= 4 is 0 Å². The van der Waals surface area contributed by atoms with E-state index in [9.17, 15) is 0 Å². The maximum atomic E-state index is 6.75. The first kappa shape index (κ1) is 44.5. The van der Waals surface area contributed by atoms with E-state index in [-0.39, 0.29) is 31.1 Å². The van der Waals surface area contributed by atoms with Gasteiger partial charge in [0.1, 0.15) is 0 Å². The molecule has 18 nitrogen and oxygen atoms in total. The minimum absolute atomic E-state index is 0. The van der Waals surface area contributed by atoms with Crippen molar-refractivity contribution < 1.29 is 31.1 Å². The summed E-state index contributed by atoms with van der Waals surface area (Å²) in [6.45, 7) is 0. The Morgan fingerprint density at radius 2 is 0.263 bits per heavy atom. The van der Waals surface area contributed by atoms with Crippen LogP contribution < -0.4 is 0 Å². The van der Waals surface area contributed by atoms with Gasteiger partial charge in [-0.05, 0) is 0 Å². The van der Waals surface area contributed by atoms with Crippen LogP contribution in [0.3, 0.4) is 0 Å². The molecule has 0 aromatic carbocycles. The van der Waals surface area contributed by atoms with Crippen molar-refractivity contribution in [1.82, 2.24) is 0 Å². The molecule has 0 saturated heterocycles. The number of nitrogens with zero attached hydrogens (tertiary/aromatic N) is 18. The van der Waals surface area contributed by atoms with Crippen molar-refractivity contribution in [1.29, 1.82) is 0 Å². The molecule has 0 fully saturated rings. The second-order valence-corrected chi connectivity index (χ2v) is 0.537. The molecule has 0 aromatic rings. The largest absolute Gasteiger partial charge is 0.373 e. The zero-order chi connectivity index (χ0) is 16.2. The van der Waals surface area contributed by atoms with Crippen LogP contribution in [0.1, 0.15) is 0 Å². The monoisotopic (exact) mass is 490 g/mol. The molecule has 0 aliphatic carbocycles. The molecule has 0 aliphatic rings. The first-order valence-corrected chi connectivity index (χ1v) is 2.40. The van der Waals surface area contributed by atoms with Gasteiger partial charge in [0.25, 0.3) is 0 Å². The van der Waals surface area contributed by atoms with Crippen LogP contribution in [0.25, 0.3) is 95.8 Å². The molecule has 0 bridgehead atoms. The van der Waals surface area contributed by atoms with E-state index < -0.39 is 0 Å². The van der Waals surface area contributed by atoms with Crippen LogP contribution in [0.15, 0.2) is 0 Å². The first-order chi connectivity index (χ1) is 8.49. The fourth-order valence-corrected chi connectivity index (χ4v) is 0. The predicted octanol–water partition coefficient (Wildman–Crippen LogP) is 5.20. The quantitative estimate of drug-likeness (QED) is 0.240. The molecule has 0 unspecified atom stereocenters. The van der Waals surface area contributed by atoms with Gasteiger partial charge in [-0.2, -0.15) is 0 Å². The summed E-state index contributed by atoms with van der Waals surface area (Å²) in [7, 11) is 0. The summed E-state index contributed by atoms with van der Waals surface area (Å²) in [6, 6.07) is 0. The molecule has 0 rings (SSSR count). The smallest absolute Gasteiger partial charge is 0 e. The zero-order valence-corrected chi connectivity index (χ0v) is 12.7. The van der Waals surface area contributed by atoms with Crippen LogP contribution in [-0.2, 0) is 0 Å². The standard InChI is InChI=1S/6N3.U/c6*1-3-2;/q6*-1;. The van der Waals surface area contributed by atoms with Crippen molar-refractivity contribution in [2.24, 2.45) is 0 Å². The molecule has 19 heteroatoms. The number of hydrogen-bond donors (Lipinski definition) is 0. The molecule has 0 heterocycles. The molecule has 100 valence electrons. The third-order valence-corrected chi connectivity index (χ3v) is 0. The normalized spacial score (nSPS) is 2.53. The Balaban J connectivity index is -0.0000000180. The molecule has 0 saturated carbocycles. The molecular weight excluding hydrogens is 490 g/mol. The fourth-order valence-electron chi connectivity index (χ4n) is 0. The van der Waals surface area contributed by atoms with Crippen molar-refractivity contribution in [2.75, 3.05) is 0 Å². The second-order valence-electron chi connectivity index (χ2n) is 0.537. The average Bonchev–Trinajstić information content (AvgIpc) is 2.23. The van der Waals surface area contributed by atoms with E-state index in [0.29, 0.717) is 0 Å². The van der Waals surface area contributed by atoms with Gasteiger partial charge in [0.15, 0.2) is 0 Å². The number of hydrogen-bond acceptors (Lipinski definition) is 0. The molecule has 0 atom stereocenters. The molecule has 0 aliphatic heterocycles. The molecule has 0 spiro atoms. The van der Waals surface area contributed by atoms with E-state index in [1.54, 1.807) is 0 Å². The summed E-state index contributed by atoms with van der Waals surface area (Å²) in [5.41, 5.74) is 81.0. The van der Waals surface area contributed by atoms with Crippen molar-refractivity contribution in [3.05, 3.63) is 95.8 Å². The van der Waals surface area contributed by atoms with E-state index in [4.69, 9.17) is 66.4 Å². The predicted molar refractivity (Wildman–Crippen MR) is 60.5 cm³/mol. The Bertz CT molecular complexity index is 225. The third-order valence-electron chi connectivity index (χ3n) is 0. The summed E-state index contributed by atoms with van der Waals surface area (Å²) >= 11 is 0. The van der Waals surface area contributed by atoms with E-state index >= 15 is 0 Å². The van der Waals surface area contributed by atoms with Crippen molar-refractivity contribution in [3.63, 3.8) is 0 Å². The van der Waals surface area contributed by atoms with Crippen LogP contribution in [-0.4, -0.2) is 0 Å². The Kier molecular flexibility index (Phi) is 798. The van der Waals surface area contributed by atoms with Gasteiger partial charge < -0.3 is 66.4 Å². The first-order valence-electron chi connectivity index (χ1n) is 2.40. The summed E-state index contributed by atoms with van der Waals surface area (Å²) < 4.78 is 0. The van der Waals surface area contributed by atoms with Crippen LogP contribution in [0.5, 0.6) is 0 Å². The SMILES string of the molecule is [N-]=[N+]=[N-].[N-]=[N+]=[N-].[N-]=[N+]=[N-].[N-]=[N+]=[N-].[N-]=[N+]=[N-].[N-]=[N+]=[N-].[U]. The van der Waals surface area contributed by atoms with Gasteiger partial charge in [0, 0.05) is 31.1 Å². The van der Waals surface area contributed by atoms with Gasteiger partial charge >= 0.3 is 0 Å². The van der Waals surface area contributed by atoms with Crippen LogP contribution in [0, 0.1) is 31.1 Å². The minimum atomic E-state index is 0. The van der Waals surface area contributed by atoms with Gasteiger partial charge in [-0.1, -0.05) is 0 Å². The topological polar surface area (TPSA) is 352 Å². The summed E-state index contributed by atoms with van der Waals surface area (Å²) in [4.78, 5) is 9.00.